The number of likely N-dealkylation sites (tertiary alicyclic amines) is 1. The van der Waals surface area contributed by atoms with Gasteiger partial charge >= 0.3 is 0 Å². The Labute approximate surface area is 153 Å². The summed E-state index contributed by atoms with van der Waals surface area (Å²) in [5.41, 5.74) is 2.83. The molecule has 2 aliphatic rings. The molecule has 4 rings (SSSR count). The van der Waals surface area contributed by atoms with E-state index in [1.165, 1.54) is 25.0 Å². The fourth-order valence-corrected chi connectivity index (χ4v) is 4.14. The van der Waals surface area contributed by atoms with E-state index in [0.29, 0.717) is 17.3 Å². The number of nitrogens with one attached hydrogen (secondary N) is 1. The van der Waals surface area contributed by atoms with Gasteiger partial charge in [-0.25, -0.2) is 9.07 Å². The molecule has 2 atom stereocenters. The zero-order valence-electron chi connectivity index (χ0n) is 15.5. The standard InChI is InChI=1S/C20H25FN4O/c1-12-10-16(11-24(12)17-8-9-17)22-20(26)19-13(2)23-25(14(19)3)18-6-4-15(21)5-7-18/h4-7,12,16-17H,8-11H2,1-3H3,(H,22,26)/t12-,16+/m0/s1. The summed E-state index contributed by atoms with van der Waals surface area (Å²) >= 11 is 0. The Hall–Kier alpha value is -2.21. The smallest absolute Gasteiger partial charge is 0.255 e. The van der Waals surface area contributed by atoms with Crippen molar-refractivity contribution in [3.63, 3.8) is 0 Å². The van der Waals surface area contributed by atoms with Gasteiger partial charge in [0.2, 0.25) is 0 Å². The number of carbonyl (C=O) groups is 1. The summed E-state index contributed by atoms with van der Waals surface area (Å²) in [6, 6.07) is 7.57. The van der Waals surface area contributed by atoms with E-state index in [1.54, 1.807) is 16.8 Å². The van der Waals surface area contributed by atoms with E-state index in [4.69, 9.17) is 0 Å². The summed E-state index contributed by atoms with van der Waals surface area (Å²) in [5.74, 6) is -0.355. The number of amides is 1. The van der Waals surface area contributed by atoms with E-state index in [-0.39, 0.29) is 17.8 Å². The molecule has 2 aromatic rings. The van der Waals surface area contributed by atoms with E-state index >= 15 is 0 Å². The zero-order chi connectivity index (χ0) is 18.4. The van der Waals surface area contributed by atoms with E-state index in [0.717, 1.165) is 30.4 Å². The molecule has 26 heavy (non-hydrogen) atoms. The van der Waals surface area contributed by atoms with E-state index in [9.17, 15) is 9.18 Å². The van der Waals surface area contributed by atoms with Crippen molar-refractivity contribution in [2.24, 2.45) is 0 Å². The maximum Gasteiger partial charge on any atom is 0.255 e. The van der Waals surface area contributed by atoms with Crippen molar-refractivity contribution < 1.29 is 9.18 Å². The molecule has 0 bridgehead atoms. The van der Waals surface area contributed by atoms with Crippen LogP contribution in [0.4, 0.5) is 4.39 Å². The Balaban J connectivity index is 1.52. The summed E-state index contributed by atoms with van der Waals surface area (Å²) < 4.78 is 14.9. The van der Waals surface area contributed by atoms with Crippen molar-refractivity contribution in [1.82, 2.24) is 20.0 Å². The van der Waals surface area contributed by atoms with E-state index in [1.807, 2.05) is 13.8 Å². The zero-order valence-corrected chi connectivity index (χ0v) is 15.5. The molecular formula is C20H25FN4O. The van der Waals surface area contributed by atoms with Crippen LogP contribution in [0.3, 0.4) is 0 Å². The lowest BCUT2D eigenvalue weighted by atomic mass is 10.1. The van der Waals surface area contributed by atoms with Gasteiger partial charge in [0.05, 0.1) is 22.6 Å². The molecule has 2 heterocycles. The van der Waals surface area contributed by atoms with Gasteiger partial charge in [0.25, 0.3) is 5.91 Å². The largest absolute Gasteiger partial charge is 0.348 e. The van der Waals surface area contributed by atoms with Crippen LogP contribution >= 0.6 is 0 Å². The Morgan fingerprint density at radius 3 is 2.58 bits per heavy atom. The number of hydrogen-bond acceptors (Lipinski definition) is 3. The van der Waals surface area contributed by atoms with Crippen LogP contribution in [-0.2, 0) is 0 Å². The average Bonchev–Trinajstić information content (AvgIpc) is 3.30. The summed E-state index contributed by atoms with van der Waals surface area (Å²) in [5, 5.41) is 7.70. The van der Waals surface area contributed by atoms with Crippen LogP contribution < -0.4 is 5.32 Å². The van der Waals surface area contributed by atoms with Crippen LogP contribution in [0.2, 0.25) is 0 Å². The molecule has 0 spiro atoms. The molecule has 1 N–H and O–H groups in total. The van der Waals surface area contributed by atoms with Crippen molar-refractivity contribution in [3.8, 4) is 5.69 Å². The van der Waals surface area contributed by atoms with Gasteiger partial charge in [0.15, 0.2) is 0 Å². The predicted octanol–water partition coefficient (Wildman–Crippen LogP) is 2.98. The molecule has 1 aromatic heterocycles. The molecular weight excluding hydrogens is 331 g/mol. The van der Waals surface area contributed by atoms with Crippen molar-refractivity contribution in [2.45, 2.75) is 58.2 Å². The molecule has 1 saturated carbocycles. The SMILES string of the molecule is Cc1nn(-c2ccc(F)cc2)c(C)c1C(=O)N[C@@H]1C[C@H](C)N(C2CC2)C1. The summed E-state index contributed by atoms with van der Waals surface area (Å²) in [4.78, 5) is 15.4. The van der Waals surface area contributed by atoms with Gasteiger partial charge in [0, 0.05) is 24.7 Å². The third-order valence-corrected chi connectivity index (χ3v) is 5.56. The Morgan fingerprint density at radius 1 is 1.23 bits per heavy atom. The quantitative estimate of drug-likeness (QED) is 0.916. The number of benzene rings is 1. The van der Waals surface area contributed by atoms with Crippen LogP contribution in [0.1, 0.15) is 47.9 Å². The second-order valence-corrected chi connectivity index (χ2v) is 7.62. The lowest BCUT2D eigenvalue weighted by molar-refractivity contribution is 0.0936. The first-order valence-electron chi connectivity index (χ1n) is 9.33. The highest BCUT2D eigenvalue weighted by atomic mass is 19.1. The van der Waals surface area contributed by atoms with Gasteiger partial charge in [0.1, 0.15) is 5.82 Å². The summed E-state index contributed by atoms with van der Waals surface area (Å²) in [6.07, 6.45) is 3.56. The van der Waals surface area contributed by atoms with Gasteiger partial charge in [-0.05, 0) is 64.3 Å². The molecule has 1 aliphatic carbocycles. The normalized spacial score (nSPS) is 23.4. The lowest BCUT2D eigenvalue weighted by Crippen LogP contribution is -2.38. The Morgan fingerprint density at radius 2 is 1.92 bits per heavy atom. The van der Waals surface area contributed by atoms with Crippen LogP contribution in [0.25, 0.3) is 5.69 Å². The minimum absolute atomic E-state index is 0.0665. The first-order chi connectivity index (χ1) is 12.4. The molecule has 0 unspecified atom stereocenters. The topological polar surface area (TPSA) is 50.2 Å². The third-order valence-electron chi connectivity index (χ3n) is 5.56. The second-order valence-electron chi connectivity index (χ2n) is 7.62. The Kier molecular flexibility index (Phi) is 4.31. The fourth-order valence-electron chi connectivity index (χ4n) is 4.14. The Bertz CT molecular complexity index is 825. The number of aryl methyl sites for hydroxylation is 1. The highest BCUT2D eigenvalue weighted by molar-refractivity contribution is 5.96. The van der Waals surface area contributed by atoms with Crippen LogP contribution in [-0.4, -0.2) is 45.3 Å². The van der Waals surface area contributed by atoms with Gasteiger partial charge in [-0.3, -0.25) is 9.69 Å². The first-order valence-corrected chi connectivity index (χ1v) is 9.33. The van der Waals surface area contributed by atoms with Crippen LogP contribution in [0, 0.1) is 19.7 Å². The van der Waals surface area contributed by atoms with Crippen molar-refractivity contribution in [2.75, 3.05) is 6.54 Å². The summed E-state index contributed by atoms with van der Waals surface area (Å²) in [6.45, 7) is 6.90. The molecule has 0 radical (unpaired) electrons. The van der Waals surface area contributed by atoms with Crippen molar-refractivity contribution in [3.05, 3.63) is 47.0 Å². The minimum Gasteiger partial charge on any atom is -0.348 e. The van der Waals surface area contributed by atoms with Crippen LogP contribution in [0.5, 0.6) is 0 Å². The molecule has 2 fully saturated rings. The number of aromatic nitrogens is 2. The molecule has 1 amide bonds. The molecule has 1 saturated heterocycles. The second kappa shape index (κ2) is 6.50. The number of hydrogen-bond donors (Lipinski definition) is 1. The van der Waals surface area contributed by atoms with Gasteiger partial charge in [-0.1, -0.05) is 0 Å². The average molecular weight is 356 g/mol. The van der Waals surface area contributed by atoms with E-state index < -0.39 is 0 Å². The van der Waals surface area contributed by atoms with Crippen LogP contribution in [0.15, 0.2) is 24.3 Å². The maximum absolute atomic E-state index is 13.2. The molecule has 5 nitrogen and oxygen atoms in total. The van der Waals surface area contributed by atoms with Crippen molar-refractivity contribution >= 4 is 5.91 Å². The van der Waals surface area contributed by atoms with E-state index in [2.05, 4.69) is 22.2 Å². The fraction of sp³-hybridized carbons (Fsp3) is 0.500. The number of rotatable bonds is 4. The van der Waals surface area contributed by atoms with Crippen molar-refractivity contribution in [1.29, 1.82) is 0 Å². The highest BCUT2D eigenvalue weighted by Gasteiger charge is 2.39. The van der Waals surface area contributed by atoms with Gasteiger partial charge in [-0.15, -0.1) is 0 Å². The molecule has 1 aliphatic heterocycles. The summed E-state index contributed by atoms with van der Waals surface area (Å²) in [7, 11) is 0. The highest BCUT2D eigenvalue weighted by Crippen LogP contribution is 2.33. The number of nitrogens with zero attached hydrogens (tertiary/aromatic N) is 3. The third kappa shape index (κ3) is 3.14. The maximum atomic E-state index is 13.2. The van der Waals surface area contributed by atoms with Gasteiger partial charge < -0.3 is 5.32 Å². The number of carbonyl (C=O) groups excluding carboxylic acids is 1. The molecule has 1 aromatic carbocycles. The lowest BCUT2D eigenvalue weighted by Gasteiger charge is -2.19. The minimum atomic E-state index is -0.288. The predicted molar refractivity (Wildman–Crippen MR) is 98.1 cm³/mol. The van der Waals surface area contributed by atoms with Gasteiger partial charge in [-0.2, -0.15) is 5.10 Å². The molecule has 138 valence electrons. The number of halogens is 1. The molecule has 6 heteroatoms. The monoisotopic (exact) mass is 356 g/mol. The first kappa shape index (κ1) is 17.2.